The third kappa shape index (κ3) is 3.26. The fourth-order valence-corrected chi connectivity index (χ4v) is 2.57. The molecular formula is C13H19N4O5+. The molecule has 0 radical (unpaired) electrons. The fourth-order valence-electron chi connectivity index (χ4n) is 2.57. The van der Waals surface area contributed by atoms with E-state index in [0.717, 1.165) is 19.4 Å². The van der Waals surface area contributed by atoms with Gasteiger partial charge in [-0.1, -0.05) is 0 Å². The van der Waals surface area contributed by atoms with E-state index >= 15 is 0 Å². The van der Waals surface area contributed by atoms with Crippen LogP contribution in [0, 0.1) is 0 Å². The molecule has 2 saturated heterocycles. The standard InChI is InChI=1S/C13H18N4O5/c14-9-3-5-17(13(19)16-9)10-6-20-11(22-10)7-21-12(18)8-2-1-4-15-8/h3,5,8,10-11,15H,1-2,4,6-7H2,(H2,14,16,19)/p+1. The summed E-state index contributed by atoms with van der Waals surface area (Å²) in [5.74, 6) is -0.0991. The monoisotopic (exact) mass is 311 g/mol. The summed E-state index contributed by atoms with van der Waals surface area (Å²) >= 11 is 0. The first-order valence-electron chi connectivity index (χ1n) is 7.25. The largest absolute Gasteiger partial charge is 0.456 e. The van der Waals surface area contributed by atoms with Crippen molar-refractivity contribution in [3.05, 3.63) is 22.7 Å². The van der Waals surface area contributed by atoms with Crippen molar-refractivity contribution in [1.82, 2.24) is 9.55 Å². The van der Waals surface area contributed by atoms with Crippen LogP contribution in [0.3, 0.4) is 0 Å². The zero-order chi connectivity index (χ0) is 15.5. The summed E-state index contributed by atoms with van der Waals surface area (Å²) in [5, 5.41) is 1.97. The van der Waals surface area contributed by atoms with Crippen LogP contribution in [0.25, 0.3) is 0 Å². The van der Waals surface area contributed by atoms with Crippen molar-refractivity contribution in [1.29, 1.82) is 0 Å². The van der Waals surface area contributed by atoms with Crippen molar-refractivity contribution < 1.29 is 24.3 Å². The number of hydrogen-bond donors (Lipinski definition) is 2. The molecule has 3 atom stereocenters. The van der Waals surface area contributed by atoms with E-state index < -0.39 is 18.2 Å². The average Bonchev–Trinajstić information content (AvgIpc) is 3.16. The lowest BCUT2D eigenvalue weighted by atomic mass is 10.2. The van der Waals surface area contributed by atoms with E-state index in [1.807, 2.05) is 5.32 Å². The van der Waals surface area contributed by atoms with Crippen molar-refractivity contribution in [3.63, 3.8) is 0 Å². The van der Waals surface area contributed by atoms with Gasteiger partial charge in [-0.3, -0.25) is 4.57 Å². The lowest BCUT2D eigenvalue weighted by Gasteiger charge is -2.14. The van der Waals surface area contributed by atoms with Crippen LogP contribution in [0.5, 0.6) is 0 Å². The first kappa shape index (κ1) is 14.9. The molecule has 2 fully saturated rings. The Kier molecular flexibility index (Phi) is 4.36. The quantitative estimate of drug-likeness (QED) is 0.615. The van der Waals surface area contributed by atoms with Crippen molar-refractivity contribution in [2.75, 3.05) is 25.5 Å². The molecule has 2 aliphatic rings. The van der Waals surface area contributed by atoms with Crippen molar-refractivity contribution in [2.45, 2.75) is 31.4 Å². The molecule has 1 aromatic heterocycles. The molecule has 0 spiro atoms. The van der Waals surface area contributed by atoms with Gasteiger partial charge in [0, 0.05) is 19.0 Å². The van der Waals surface area contributed by atoms with Gasteiger partial charge in [-0.05, 0) is 6.07 Å². The molecule has 0 amide bonds. The van der Waals surface area contributed by atoms with Crippen molar-refractivity contribution in [3.8, 4) is 0 Å². The minimum Gasteiger partial charge on any atom is -0.456 e. The van der Waals surface area contributed by atoms with E-state index in [-0.39, 0.29) is 31.0 Å². The number of hydrogen-bond acceptors (Lipinski definition) is 7. The maximum Gasteiger partial charge on any atom is 0.365 e. The van der Waals surface area contributed by atoms with Crippen LogP contribution in [0.4, 0.5) is 5.82 Å². The average molecular weight is 311 g/mol. The normalized spacial score (nSPS) is 27.9. The van der Waals surface area contributed by atoms with Gasteiger partial charge in [0.05, 0.1) is 13.2 Å². The summed E-state index contributed by atoms with van der Waals surface area (Å²) in [6.07, 6.45) is 2.08. The second-order valence-corrected chi connectivity index (χ2v) is 5.30. The van der Waals surface area contributed by atoms with Gasteiger partial charge in [0.2, 0.25) is 0 Å². The Balaban J connectivity index is 1.51. The predicted octanol–water partition coefficient (Wildman–Crippen LogP) is -2.03. The van der Waals surface area contributed by atoms with Crippen LogP contribution in [-0.4, -0.2) is 47.6 Å². The molecule has 0 saturated carbocycles. The summed E-state index contributed by atoms with van der Waals surface area (Å²) < 4.78 is 17.4. The number of nitrogens with two attached hydrogens (primary N) is 2. The molecule has 9 heteroatoms. The molecule has 2 aliphatic heterocycles. The smallest absolute Gasteiger partial charge is 0.365 e. The second kappa shape index (κ2) is 6.42. The van der Waals surface area contributed by atoms with Crippen LogP contribution < -0.4 is 16.7 Å². The minimum atomic E-state index is -0.681. The molecular weight excluding hydrogens is 292 g/mol. The van der Waals surface area contributed by atoms with Gasteiger partial charge >= 0.3 is 11.7 Å². The van der Waals surface area contributed by atoms with Crippen LogP contribution in [0.2, 0.25) is 0 Å². The Labute approximate surface area is 126 Å². The number of esters is 1. The van der Waals surface area contributed by atoms with Gasteiger partial charge < -0.3 is 25.3 Å². The molecule has 120 valence electrons. The first-order chi connectivity index (χ1) is 10.6. The number of carbonyl (C=O) groups is 1. The predicted molar refractivity (Wildman–Crippen MR) is 73.5 cm³/mol. The van der Waals surface area contributed by atoms with Gasteiger partial charge in [-0.15, -0.1) is 0 Å². The molecule has 3 unspecified atom stereocenters. The summed E-state index contributed by atoms with van der Waals surface area (Å²) in [5.41, 5.74) is 4.93. The molecule has 1 aromatic rings. The number of ether oxygens (including phenoxy) is 3. The molecule has 3 rings (SSSR count). The zero-order valence-corrected chi connectivity index (χ0v) is 12.0. The van der Waals surface area contributed by atoms with Gasteiger partial charge in [0.25, 0.3) is 0 Å². The van der Waals surface area contributed by atoms with E-state index in [9.17, 15) is 9.59 Å². The Morgan fingerprint density at radius 2 is 2.45 bits per heavy atom. The lowest BCUT2D eigenvalue weighted by molar-refractivity contribution is -0.659. The van der Waals surface area contributed by atoms with Crippen LogP contribution in [0.1, 0.15) is 19.1 Å². The van der Waals surface area contributed by atoms with E-state index in [2.05, 4.69) is 4.98 Å². The topological polar surface area (TPSA) is 122 Å². The molecule has 9 nitrogen and oxygen atoms in total. The Bertz CT molecular complexity index is 598. The van der Waals surface area contributed by atoms with Gasteiger partial charge in [-0.25, -0.2) is 9.59 Å². The van der Waals surface area contributed by atoms with Crippen molar-refractivity contribution >= 4 is 11.8 Å². The number of carbonyl (C=O) groups excluding carboxylic acids is 1. The molecule has 0 aliphatic carbocycles. The van der Waals surface area contributed by atoms with Crippen molar-refractivity contribution in [2.24, 2.45) is 0 Å². The highest BCUT2D eigenvalue weighted by Gasteiger charge is 2.32. The molecule has 22 heavy (non-hydrogen) atoms. The van der Waals surface area contributed by atoms with E-state index in [1.54, 1.807) is 0 Å². The zero-order valence-electron chi connectivity index (χ0n) is 12.0. The van der Waals surface area contributed by atoms with Crippen LogP contribution in [0.15, 0.2) is 17.1 Å². The number of nitrogens with zero attached hydrogens (tertiary/aromatic N) is 2. The van der Waals surface area contributed by atoms with E-state index in [4.69, 9.17) is 19.9 Å². The number of aromatic nitrogens is 2. The minimum absolute atomic E-state index is 0.0107. The molecule has 4 N–H and O–H groups in total. The number of rotatable bonds is 4. The Morgan fingerprint density at radius 3 is 3.18 bits per heavy atom. The Hall–Kier alpha value is -1.97. The summed E-state index contributed by atoms with van der Waals surface area (Å²) in [7, 11) is 0. The third-order valence-corrected chi connectivity index (χ3v) is 3.73. The molecule has 0 aromatic carbocycles. The SMILES string of the molecule is Nc1ccn(C2COC(COC(=O)C3CCC[NH2+]3)O2)c(=O)n1. The maximum atomic E-state index is 11.8. The summed E-state index contributed by atoms with van der Waals surface area (Å²) in [6, 6.07) is 1.38. The van der Waals surface area contributed by atoms with E-state index in [0.29, 0.717) is 0 Å². The van der Waals surface area contributed by atoms with E-state index in [1.165, 1.54) is 16.8 Å². The van der Waals surface area contributed by atoms with Crippen LogP contribution >= 0.6 is 0 Å². The fraction of sp³-hybridized carbons (Fsp3) is 0.615. The number of nitrogen functional groups attached to an aromatic ring is 1. The van der Waals surface area contributed by atoms with Gasteiger partial charge in [0.15, 0.2) is 18.6 Å². The van der Waals surface area contributed by atoms with Gasteiger partial charge in [0.1, 0.15) is 12.4 Å². The maximum absolute atomic E-state index is 11.8. The second-order valence-electron chi connectivity index (χ2n) is 5.30. The third-order valence-electron chi connectivity index (χ3n) is 3.73. The highest BCUT2D eigenvalue weighted by atomic mass is 16.7. The Morgan fingerprint density at radius 1 is 1.59 bits per heavy atom. The molecule has 3 heterocycles. The number of quaternary nitrogens is 1. The van der Waals surface area contributed by atoms with Crippen LogP contribution in [-0.2, 0) is 19.0 Å². The van der Waals surface area contributed by atoms with Gasteiger partial charge in [-0.2, -0.15) is 4.98 Å². The summed E-state index contributed by atoms with van der Waals surface area (Å²) in [4.78, 5) is 27.2. The molecule has 0 bridgehead atoms. The highest BCUT2D eigenvalue weighted by Crippen LogP contribution is 2.19. The highest BCUT2D eigenvalue weighted by molar-refractivity contribution is 5.74. The first-order valence-corrected chi connectivity index (χ1v) is 7.25. The lowest BCUT2D eigenvalue weighted by Crippen LogP contribution is -2.88. The number of anilines is 1. The summed E-state index contributed by atoms with van der Waals surface area (Å²) in [6.45, 7) is 1.14.